The van der Waals surface area contributed by atoms with Crippen LogP contribution < -0.4 is 5.32 Å². The summed E-state index contributed by atoms with van der Waals surface area (Å²) in [4.78, 5) is 12.6. The van der Waals surface area contributed by atoms with Crippen molar-refractivity contribution in [1.82, 2.24) is 5.32 Å². The van der Waals surface area contributed by atoms with Gasteiger partial charge in [-0.2, -0.15) is 0 Å². The van der Waals surface area contributed by atoms with Crippen LogP contribution in [0.25, 0.3) is 0 Å². The Kier molecular flexibility index (Phi) is 5.15. The minimum absolute atomic E-state index is 0.0296. The van der Waals surface area contributed by atoms with Gasteiger partial charge in [0.15, 0.2) is 0 Å². The highest BCUT2D eigenvalue weighted by molar-refractivity contribution is 6.30. The monoisotopic (exact) mass is 353 g/mol. The third kappa shape index (κ3) is 4.06. The number of amides is 1. The maximum atomic E-state index is 14.1. The molecule has 1 amide bonds. The van der Waals surface area contributed by atoms with E-state index in [-0.39, 0.29) is 16.6 Å². The van der Waals surface area contributed by atoms with Gasteiger partial charge < -0.3 is 5.32 Å². The predicted molar refractivity (Wildman–Crippen MR) is 98.3 cm³/mol. The van der Waals surface area contributed by atoms with Crippen LogP contribution in [0.4, 0.5) is 4.39 Å². The molecule has 0 heterocycles. The van der Waals surface area contributed by atoms with Crippen LogP contribution in [-0.2, 0) is 0 Å². The zero-order valence-electron chi connectivity index (χ0n) is 13.7. The zero-order chi connectivity index (χ0) is 17.8. The van der Waals surface area contributed by atoms with Gasteiger partial charge in [-0.1, -0.05) is 71.8 Å². The smallest absolute Gasteiger partial charge is 0.255 e. The van der Waals surface area contributed by atoms with Gasteiger partial charge in [0.25, 0.3) is 5.91 Å². The number of benzene rings is 3. The molecule has 1 unspecified atom stereocenters. The molecule has 1 N–H and O–H groups in total. The Morgan fingerprint density at radius 1 is 0.960 bits per heavy atom. The number of nitrogens with one attached hydrogen (secondary N) is 1. The minimum atomic E-state index is -0.638. The predicted octanol–water partition coefficient (Wildman–Crippen LogP) is 5.31. The van der Waals surface area contributed by atoms with Crippen molar-refractivity contribution >= 4 is 17.5 Å². The molecule has 0 saturated heterocycles. The van der Waals surface area contributed by atoms with Gasteiger partial charge in [0.05, 0.1) is 11.6 Å². The second kappa shape index (κ2) is 7.49. The van der Waals surface area contributed by atoms with Crippen molar-refractivity contribution in [2.75, 3.05) is 0 Å². The lowest BCUT2D eigenvalue weighted by atomic mass is 9.97. The Labute approximate surface area is 151 Å². The maximum absolute atomic E-state index is 14.1. The van der Waals surface area contributed by atoms with E-state index in [4.69, 9.17) is 11.6 Å². The normalized spacial score (nSPS) is 11.8. The van der Waals surface area contributed by atoms with Crippen LogP contribution in [0.5, 0.6) is 0 Å². The third-order valence-electron chi connectivity index (χ3n) is 3.96. The highest BCUT2D eigenvalue weighted by atomic mass is 35.5. The fourth-order valence-corrected chi connectivity index (χ4v) is 2.90. The summed E-state index contributed by atoms with van der Waals surface area (Å²) in [6, 6.07) is 21.2. The first-order chi connectivity index (χ1) is 12.0. The van der Waals surface area contributed by atoms with Crippen molar-refractivity contribution in [3.8, 4) is 0 Å². The molecule has 3 rings (SSSR count). The summed E-state index contributed by atoms with van der Waals surface area (Å²) in [5.74, 6) is -1.12. The quantitative estimate of drug-likeness (QED) is 0.677. The average Bonchev–Trinajstić information content (AvgIpc) is 2.60. The molecular formula is C21H17ClFNO. The average molecular weight is 354 g/mol. The molecule has 0 aromatic heterocycles. The lowest BCUT2D eigenvalue weighted by Crippen LogP contribution is -2.30. The molecule has 25 heavy (non-hydrogen) atoms. The Balaban J connectivity index is 1.96. The molecule has 0 aliphatic heterocycles. The number of hydrogen-bond acceptors (Lipinski definition) is 1. The van der Waals surface area contributed by atoms with Crippen LogP contribution in [0.2, 0.25) is 5.02 Å². The number of carbonyl (C=O) groups is 1. The fraction of sp³-hybridized carbons (Fsp3) is 0.0952. The number of hydrogen-bond donors (Lipinski definition) is 1. The van der Waals surface area contributed by atoms with Crippen LogP contribution in [-0.4, -0.2) is 5.91 Å². The maximum Gasteiger partial charge on any atom is 0.255 e. The van der Waals surface area contributed by atoms with Gasteiger partial charge in [-0.05, 0) is 36.2 Å². The van der Waals surface area contributed by atoms with Crippen LogP contribution in [0.3, 0.4) is 0 Å². The summed E-state index contributed by atoms with van der Waals surface area (Å²) in [5, 5.41) is 3.19. The first-order valence-electron chi connectivity index (χ1n) is 7.92. The van der Waals surface area contributed by atoms with Crippen molar-refractivity contribution in [1.29, 1.82) is 0 Å². The highest BCUT2D eigenvalue weighted by Crippen LogP contribution is 2.24. The van der Waals surface area contributed by atoms with E-state index in [2.05, 4.69) is 5.32 Å². The van der Waals surface area contributed by atoms with Crippen molar-refractivity contribution in [3.63, 3.8) is 0 Å². The van der Waals surface area contributed by atoms with E-state index in [1.807, 2.05) is 61.5 Å². The molecule has 2 nitrogen and oxygen atoms in total. The lowest BCUT2D eigenvalue weighted by molar-refractivity contribution is 0.0939. The highest BCUT2D eigenvalue weighted by Gasteiger charge is 2.20. The van der Waals surface area contributed by atoms with E-state index in [0.717, 1.165) is 22.8 Å². The Morgan fingerprint density at radius 2 is 1.68 bits per heavy atom. The standard InChI is InChI=1S/C21H17ClFNO/c1-14-6-5-9-16(12-14)20(15-7-3-2-4-8-15)24-21(25)18-11-10-17(22)13-19(18)23/h2-13,20H,1H3,(H,24,25). The van der Waals surface area contributed by atoms with E-state index < -0.39 is 11.7 Å². The third-order valence-corrected chi connectivity index (χ3v) is 4.19. The van der Waals surface area contributed by atoms with Crippen molar-refractivity contribution < 1.29 is 9.18 Å². The summed E-state index contributed by atoms with van der Waals surface area (Å²) in [5.41, 5.74) is 2.92. The Hall–Kier alpha value is -2.65. The van der Waals surface area contributed by atoms with Crippen molar-refractivity contribution in [2.45, 2.75) is 13.0 Å². The number of halogens is 2. The zero-order valence-corrected chi connectivity index (χ0v) is 14.4. The number of rotatable bonds is 4. The van der Waals surface area contributed by atoms with E-state index in [1.54, 1.807) is 0 Å². The molecule has 1 atom stereocenters. The van der Waals surface area contributed by atoms with E-state index in [9.17, 15) is 9.18 Å². The largest absolute Gasteiger partial charge is 0.341 e. The van der Waals surface area contributed by atoms with Crippen LogP contribution in [0.1, 0.15) is 33.1 Å². The summed E-state index contributed by atoms with van der Waals surface area (Å²) in [7, 11) is 0. The molecule has 0 spiro atoms. The second-order valence-corrected chi connectivity index (χ2v) is 6.29. The molecule has 4 heteroatoms. The van der Waals surface area contributed by atoms with Gasteiger partial charge in [-0.25, -0.2) is 4.39 Å². The molecule has 0 bridgehead atoms. The summed E-state index contributed by atoms with van der Waals surface area (Å²) in [6.45, 7) is 1.99. The van der Waals surface area contributed by atoms with Crippen molar-refractivity contribution in [2.24, 2.45) is 0 Å². The molecule has 0 radical (unpaired) electrons. The van der Waals surface area contributed by atoms with Crippen LogP contribution in [0, 0.1) is 12.7 Å². The Bertz CT molecular complexity index is 895. The molecular weight excluding hydrogens is 337 g/mol. The number of carbonyl (C=O) groups excluding carboxylic acids is 1. The van der Waals surface area contributed by atoms with Gasteiger partial charge in [0.1, 0.15) is 5.82 Å². The fourth-order valence-electron chi connectivity index (χ4n) is 2.74. The number of aryl methyl sites for hydroxylation is 1. The molecule has 0 aliphatic rings. The minimum Gasteiger partial charge on any atom is -0.341 e. The molecule has 0 fully saturated rings. The van der Waals surface area contributed by atoms with Gasteiger partial charge in [-0.15, -0.1) is 0 Å². The molecule has 126 valence electrons. The summed E-state index contributed by atoms with van der Waals surface area (Å²) >= 11 is 5.76. The van der Waals surface area contributed by atoms with E-state index >= 15 is 0 Å². The lowest BCUT2D eigenvalue weighted by Gasteiger charge is -2.20. The SMILES string of the molecule is Cc1cccc(C(NC(=O)c2ccc(Cl)cc2F)c2ccccc2)c1. The first kappa shape index (κ1) is 17.2. The van der Waals surface area contributed by atoms with E-state index in [1.165, 1.54) is 12.1 Å². The summed E-state index contributed by atoms with van der Waals surface area (Å²) < 4.78 is 14.1. The first-order valence-corrected chi connectivity index (χ1v) is 8.30. The van der Waals surface area contributed by atoms with E-state index in [0.29, 0.717) is 0 Å². The van der Waals surface area contributed by atoms with Gasteiger partial charge >= 0.3 is 0 Å². The van der Waals surface area contributed by atoms with Crippen molar-refractivity contribution in [3.05, 3.63) is 106 Å². The van der Waals surface area contributed by atoms with Gasteiger partial charge in [-0.3, -0.25) is 4.79 Å². The second-order valence-electron chi connectivity index (χ2n) is 5.86. The molecule has 0 saturated carbocycles. The summed E-state index contributed by atoms with van der Waals surface area (Å²) in [6.07, 6.45) is 0. The van der Waals surface area contributed by atoms with Crippen LogP contribution in [0.15, 0.2) is 72.8 Å². The van der Waals surface area contributed by atoms with Gasteiger partial charge in [0.2, 0.25) is 0 Å². The molecule has 0 aliphatic carbocycles. The van der Waals surface area contributed by atoms with Crippen LogP contribution >= 0.6 is 11.6 Å². The molecule has 3 aromatic rings. The Morgan fingerprint density at radius 3 is 2.36 bits per heavy atom. The molecule has 3 aromatic carbocycles. The van der Waals surface area contributed by atoms with Gasteiger partial charge in [0, 0.05) is 5.02 Å². The topological polar surface area (TPSA) is 29.1 Å².